The number of nitrogens with zero attached hydrogens (tertiary/aromatic N) is 1. The number of carbonyl (C=O) groups excluding carboxylic acids is 2. The lowest BCUT2D eigenvalue weighted by Gasteiger charge is -2.50. The molecule has 0 radical (unpaired) electrons. The van der Waals surface area contributed by atoms with Crippen LogP contribution in [0.4, 0.5) is 8.78 Å². The van der Waals surface area contributed by atoms with Crippen LogP contribution in [0.15, 0.2) is 48.3 Å². The van der Waals surface area contributed by atoms with Crippen molar-refractivity contribution in [1.82, 2.24) is 10.2 Å². The molecule has 1 aliphatic heterocycles. The van der Waals surface area contributed by atoms with Gasteiger partial charge < -0.3 is 15.0 Å². The van der Waals surface area contributed by atoms with E-state index in [1.54, 1.807) is 12.2 Å². The zero-order valence-corrected chi connectivity index (χ0v) is 29.0. The van der Waals surface area contributed by atoms with Crippen molar-refractivity contribution in [3.8, 4) is 0 Å². The van der Waals surface area contributed by atoms with Gasteiger partial charge in [-0.25, -0.2) is 8.78 Å². The number of hydrogen-bond acceptors (Lipinski definition) is 4. The summed E-state index contributed by atoms with van der Waals surface area (Å²) in [6, 6.07) is 6.83. The first kappa shape index (κ1) is 36.3. The largest absolute Gasteiger partial charge is 0.460 e. The van der Waals surface area contributed by atoms with Crippen molar-refractivity contribution >= 4 is 11.9 Å². The van der Waals surface area contributed by atoms with E-state index in [1.807, 2.05) is 39.0 Å². The Balaban J connectivity index is 1.49. The van der Waals surface area contributed by atoms with E-state index < -0.39 is 11.1 Å². The van der Waals surface area contributed by atoms with Gasteiger partial charge in [0, 0.05) is 37.9 Å². The summed E-state index contributed by atoms with van der Waals surface area (Å²) < 4.78 is 33.8. The van der Waals surface area contributed by atoms with Gasteiger partial charge in [0.1, 0.15) is 17.2 Å². The first-order valence-electron chi connectivity index (χ1n) is 18.0. The fourth-order valence-corrected chi connectivity index (χ4v) is 8.11. The summed E-state index contributed by atoms with van der Waals surface area (Å²) in [5.41, 5.74) is 0.0291. The molecule has 5 nitrogen and oxygen atoms in total. The number of unbranched alkanes of at least 4 members (excludes halogenated alkanes) is 1. The lowest BCUT2D eigenvalue weighted by molar-refractivity contribution is -0.156. The molecule has 0 spiro atoms. The van der Waals surface area contributed by atoms with E-state index in [4.69, 9.17) is 4.74 Å². The highest BCUT2D eigenvalue weighted by Gasteiger charge is 2.46. The topological polar surface area (TPSA) is 58.6 Å². The van der Waals surface area contributed by atoms with Gasteiger partial charge in [0.2, 0.25) is 5.91 Å². The van der Waals surface area contributed by atoms with Crippen molar-refractivity contribution in [2.75, 3.05) is 13.1 Å². The first-order chi connectivity index (χ1) is 21.9. The van der Waals surface area contributed by atoms with Gasteiger partial charge in [-0.2, -0.15) is 0 Å². The summed E-state index contributed by atoms with van der Waals surface area (Å²) in [4.78, 5) is 28.8. The quantitative estimate of drug-likeness (QED) is 0.274. The van der Waals surface area contributed by atoms with Crippen LogP contribution in [0, 0.1) is 29.5 Å². The summed E-state index contributed by atoms with van der Waals surface area (Å²) in [6.07, 6.45) is 16.7. The summed E-state index contributed by atoms with van der Waals surface area (Å²) in [5.74, 6) is 0.383. The Labute approximate surface area is 276 Å². The van der Waals surface area contributed by atoms with E-state index in [-0.39, 0.29) is 41.4 Å². The Hall–Kier alpha value is -2.54. The molecule has 7 heteroatoms. The van der Waals surface area contributed by atoms with Crippen molar-refractivity contribution in [3.05, 3.63) is 59.7 Å². The fourth-order valence-electron chi connectivity index (χ4n) is 8.11. The van der Waals surface area contributed by atoms with Crippen LogP contribution in [0.1, 0.15) is 124 Å². The van der Waals surface area contributed by atoms with Crippen LogP contribution in [0.5, 0.6) is 0 Å². The number of carbonyl (C=O) groups is 2. The zero-order valence-electron chi connectivity index (χ0n) is 29.0. The van der Waals surface area contributed by atoms with E-state index >= 15 is 0 Å². The maximum Gasteiger partial charge on any atom is 0.306 e. The molecule has 1 saturated heterocycles. The Morgan fingerprint density at radius 2 is 1.67 bits per heavy atom. The monoisotopic (exact) mass is 640 g/mol. The number of rotatable bonds is 9. The van der Waals surface area contributed by atoms with Crippen LogP contribution in [0.25, 0.3) is 0 Å². The minimum Gasteiger partial charge on any atom is -0.460 e. The number of esters is 1. The second-order valence-electron chi connectivity index (χ2n) is 15.2. The van der Waals surface area contributed by atoms with Gasteiger partial charge in [0.25, 0.3) is 0 Å². The Kier molecular flexibility index (Phi) is 13.0. The molecule has 4 rings (SSSR count). The molecule has 3 aliphatic rings. The molecule has 1 saturated carbocycles. The van der Waals surface area contributed by atoms with Crippen LogP contribution in [-0.4, -0.2) is 41.5 Å². The number of amides is 1. The summed E-state index contributed by atoms with van der Waals surface area (Å²) >= 11 is 0. The van der Waals surface area contributed by atoms with Gasteiger partial charge in [-0.05, 0) is 113 Å². The molecule has 0 bridgehead atoms. The normalized spacial score (nSPS) is 29.6. The third-order valence-electron chi connectivity index (χ3n) is 10.6. The summed E-state index contributed by atoms with van der Waals surface area (Å²) in [5, 5.41) is 3.95. The summed E-state index contributed by atoms with van der Waals surface area (Å²) in [7, 11) is 0. The third kappa shape index (κ3) is 9.74. The van der Waals surface area contributed by atoms with E-state index in [1.165, 1.54) is 12.1 Å². The average Bonchev–Trinajstić information content (AvgIpc) is 2.98. The lowest BCUT2D eigenvalue weighted by atomic mass is 9.66. The molecular weight excluding hydrogens is 582 g/mol. The maximum absolute atomic E-state index is 14.2. The average molecular weight is 641 g/mol. The Bertz CT molecular complexity index is 1210. The van der Waals surface area contributed by atoms with Crippen LogP contribution in [0.3, 0.4) is 0 Å². The molecule has 0 aromatic heterocycles. The van der Waals surface area contributed by atoms with Crippen molar-refractivity contribution in [1.29, 1.82) is 0 Å². The smallest absolute Gasteiger partial charge is 0.306 e. The number of allylic oxidation sites excluding steroid dienone is 3. The standard InChI is InChI=1S/C39H58F2N2O3/c1-6-7-12-35-27-42-39(31-15-19-33(40)20-16-31,32-17-21-34(41)22-18-32)28(2)23-24-43(35)36(44)25-29-10-8-9-11-30(14-13-29)26-37(45)46-38(3,4)5/h15-17,19-22,28-30,32,35,42H,6-14,18,23-27H2,1-5H3/t28-,29?,30?,32?,35-,39+/m0/s1. The number of benzene rings is 1. The highest BCUT2D eigenvalue weighted by Crippen LogP contribution is 2.44. The van der Waals surface area contributed by atoms with Crippen molar-refractivity contribution in [2.45, 2.75) is 135 Å². The molecule has 46 heavy (non-hydrogen) atoms. The molecular formula is C39H58F2N2O3. The molecule has 1 aromatic rings. The van der Waals surface area contributed by atoms with E-state index in [0.29, 0.717) is 44.2 Å². The fraction of sp³-hybridized carbons (Fsp3) is 0.692. The lowest BCUT2D eigenvalue weighted by Crippen LogP contribution is -2.60. The number of ether oxygens (including phenoxy) is 1. The Morgan fingerprint density at radius 3 is 2.28 bits per heavy atom. The van der Waals surface area contributed by atoms with Gasteiger partial charge >= 0.3 is 5.97 Å². The SMILES string of the molecule is CCCC[C@H]1CN[C@](c2ccc(F)cc2)(C2C=CC(F)=CC2)[C@@H](C)CCN1C(=O)CC1CCCCC(CC(=O)OC(C)(C)C)CC1. The van der Waals surface area contributed by atoms with Crippen molar-refractivity contribution < 1.29 is 23.1 Å². The van der Waals surface area contributed by atoms with Crippen LogP contribution < -0.4 is 5.32 Å². The minimum absolute atomic E-state index is 0.00471. The van der Waals surface area contributed by atoms with Crippen LogP contribution in [-0.2, 0) is 19.9 Å². The van der Waals surface area contributed by atoms with Gasteiger partial charge in [-0.3, -0.25) is 9.59 Å². The zero-order chi connectivity index (χ0) is 33.3. The van der Waals surface area contributed by atoms with Crippen molar-refractivity contribution in [2.24, 2.45) is 23.7 Å². The van der Waals surface area contributed by atoms with Gasteiger partial charge in [-0.15, -0.1) is 0 Å². The molecule has 1 heterocycles. The molecule has 1 N–H and O–H groups in total. The molecule has 2 aliphatic carbocycles. The van der Waals surface area contributed by atoms with Gasteiger partial charge in [0.15, 0.2) is 0 Å². The number of nitrogens with one attached hydrogen (secondary N) is 1. The van der Waals surface area contributed by atoms with Crippen LogP contribution >= 0.6 is 0 Å². The molecule has 1 aromatic carbocycles. The van der Waals surface area contributed by atoms with Crippen LogP contribution in [0.2, 0.25) is 0 Å². The second kappa shape index (κ2) is 16.5. The highest BCUT2D eigenvalue weighted by atomic mass is 19.1. The molecule has 1 amide bonds. The van der Waals surface area contributed by atoms with E-state index in [9.17, 15) is 18.4 Å². The number of hydrogen-bond donors (Lipinski definition) is 1. The predicted octanol–water partition coefficient (Wildman–Crippen LogP) is 9.18. The van der Waals surface area contributed by atoms with E-state index in [0.717, 1.165) is 69.8 Å². The van der Waals surface area contributed by atoms with Gasteiger partial charge in [-0.1, -0.05) is 57.7 Å². The number of halogens is 2. The third-order valence-corrected chi connectivity index (χ3v) is 10.6. The van der Waals surface area contributed by atoms with Gasteiger partial charge in [0.05, 0.1) is 5.54 Å². The second-order valence-corrected chi connectivity index (χ2v) is 15.2. The Morgan fingerprint density at radius 1 is 1.00 bits per heavy atom. The minimum atomic E-state index is -0.510. The summed E-state index contributed by atoms with van der Waals surface area (Å²) in [6.45, 7) is 11.4. The molecule has 6 atom stereocenters. The molecule has 3 unspecified atom stereocenters. The predicted molar refractivity (Wildman–Crippen MR) is 181 cm³/mol. The highest BCUT2D eigenvalue weighted by molar-refractivity contribution is 5.77. The maximum atomic E-state index is 14.2. The first-order valence-corrected chi connectivity index (χ1v) is 18.0. The molecule has 256 valence electrons. The van der Waals surface area contributed by atoms with E-state index in [2.05, 4.69) is 24.1 Å². The van der Waals surface area contributed by atoms with Crippen molar-refractivity contribution in [3.63, 3.8) is 0 Å². The molecule has 2 fully saturated rings.